The van der Waals surface area contributed by atoms with E-state index in [2.05, 4.69) is 5.32 Å². The SMILES string of the molecule is O=C(/C=C/c1cccc(F)c1)NC1CCCCCCC1. The Labute approximate surface area is 120 Å². The maximum absolute atomic E-state index is 13.0. The summed E-state index contributed by atoms with van der Waals surface area (Å²) >= 11 is 0. The van der Waals surface area contributed by atoms with Crippen LogP contribution in [-0.4, -0.2) is 11.9 Å². The molecule has 0 aromatic heterocycles. The first-order chi connectivity index (χ1) is 9.74. The molecule has 20 heavy (non-hydrogen) atoms. The molecule has 2 nitrogen and oxygen atoms in total. The van der Waals surface area contributed by atoms with Gasteiger partial charge in [-0.25, -0.2) is 4.39 Å². The van der Waals surface area contributed by atoms with E-state index < -0.39 is 0 Å². The van der Waals surface area contributed by atoms with Gasteiger partial charge >= 0.3 is 0 Å². The zero-order chi connectivity index (χ0) is 14.2. The Morgan fingerprint density at radius 2 is 1.85 bits per heavy atom. The lowest BCUT2D eigenvalue weighted by Crippen LogP contribution is -2.34. The van der Waals surface area contributed by atoms with Crippen molar-refractivity contribution in [2.45, 2.75) is 51.0 Å². The second kappa shape index (κ2) is 7.83. The van der Waals surface area contributed by atoms with Crippen LogP contribution in [0.15, 0.2) is 30.3 Å². The van der Waals surface area contributed by atoms with E-state index in [1.54, 1.807) is 18.2 Å². The third-order valence-corrected chi connectivity index (χ3v) is 3.73. The molecule has 1 saturated carbocycles. The van der Waals surface area contributed by atoms with Gasteiger partial charge in [0, 0.05) is 12.1 Å². The number of hydrogen-bond donors (Lipinski definition) is 1. The van der Waals surface area contributed by atoms with Crippen molar-refractivity contribution in [3.8, 4) is 0 Å². The topological polar surface area (TPSA) is 29.1 Å². The lowest BCUT2D eigenvalue weighted by atomic mass is 9.97. The third kappa shape index (κ3) is 5.16. The van der Waals surface area contributed by atoms with Crippen LogP contribution in [-0.2, 0) is 4.79 Å². The minimum Gasteiger partial charge on any atom is -0.350 e. The minimum absolute atomic E-state index is 0.0835. The van der Waals surface area contributed by atoms with Crippen molar-refractivity contribution < 1.29 is 9.18 Å². The van der Waals surface area contributed by atoms with Crippen LogP contribution in [0.4, 0.5) is 4.39 Å². The van der Waals surface area contributed by atoms with Crippen molar-refractivity contribution >= 4 is 12.0 Å². The van der Waals surface area contributed by atoms with Gasteiger partial charge in [-0.05, 0) is 36.6 Å². The van der Waals surface area contributed by atoms with Gasteiger partial charge in [-0.3, -0.25) is 4.79 Å². The van der Waals surface area contributed by atoms with E-state index in [9.17, 15) is 9.18 Å². The lowest BCUT2D eigenvalue weighted by molar-refractivity contribution is -0.117. The van der Waals surface area contributed by atoms with E-state index in [1.807, 2.05) is 0 Å². The van der Waals surface area contributed by atoms with E-state index in [4.69, 9.17) is 0 Å². The molecule has 1 fully saturated rings. The van der Waals surface area contributed by atoms with Crippen LogP contribution in [0.2, 0.25) is 0 Å². The highest BCUT2D eigenvalue weighted by molar-refractivity contribution is 5.91. The Hall–Kier alpha value is -1.64. The van der Waals surface area contributed by atoms with Crippen molar-refractivity contribution in [1.82, 2.24) is 5.32 Å². The molecular formula is C17H22FNO. The number of benzene rings is 1. The number of carbonyl (C=O) groups is 1. The van der Waals surface area contributed by atoms with E-state index in [-0.39, 0.29) is 11.7 Å². The van der Waals surface area contributed by atoms with Crippen LogP contribution < -0.4 is 5.32 Å². The fourth-order valence-corrected chi connectivity index (χ4v) is 2.63. The van der Waals surface area contributed by atoms with Gasteiger partial charge < -0.3 is 5.32 Å². The summed E-state index contributed by atoms with van der Waals surface area (Å²) in [6.45, 7) is 0. The molecule has 0 radical (unpaired) electrons. The summed E-state index contributed by atoms with van der Waals surface area (Å²) in [5, 5.41) is 3.05. The molecule has 108 valence electrons. The molecule has 3 heteroatoms. The lowest BCUT2D eigenvalue weighted by Gasteiger charge is -2.20. The third-order valence-electron chi connectivity index (χ3n) is 3.73. The molecule has 0 unspecified atom stereocenters. The molecule has 1 aromatic rings. The first-order valence-electron chi connectivity index (χ1n) is 7.48. The summed E-state index contributed by atoms with van der Waals surface area (Å²) in [6.07, 6.45) is 11.5. The Morgan fingerprint density at radius 1 is 1.15 bits per heavy atom. The zero-order valence-corrected chi connectivity index (χ0v) is 11.8. The number of rotatable bonds is 3. The molecule has 0 saturated heterocycles. The smallest absolute Gasteiger partial charge is 0.244 e. The molecule has 0 aliphatic heterocycles. The van der Waals surface area contributed by atoms with Crippen LogP contribution in [0.3, 0.4) is 0 Å². The van der Waals surface area contributed by atoms with Crippen molar-refractivity contribution in [2.75, 3.05) is 0 Å². The highest BCUT2D eigenvalue weighted by atomic mass is 19.1. The van der Waals surface area contributed by atoms with Crippen molar-refractivity contribution in [3.05, 3.63) is 41.7 Å². The molecule has 1 aliphatic rings. The normalized spacial score (nSPS) is 17.6. The van der Waals surface area contributed by atoms with E-state index in [1.165, 1.54) is 50.3 Å². The average Bonchev–Trinajstić information content (AvgIpc) is 2.39. The monoisotopic (exact) mass is 275 g/mol. The van der Waals surface area contributed by atoms with Gasteiger partial charge in [-0.2, -0.15) is 0 Å². The van der Waals surface area contributed by atoms with E-state index in [0.29, 0.717) is 11.6 Å². The molecule has 0 heterocycles. The quantitative estimate of drug-likeness (QED) is 0.828. The van der Waals surface area contributed by atoms with Crippen LogP contribution >= 0.6 is 0 Å². The number of hydrogen-bond acceptors (Lipinski definition) is 1. The molecular weight excluding hydrogens is 253 g/mol. The highest BCUT2D eigenvalue weighted by Gasteiger charge is 2.12. The summed E-state index contributed by atoms with van der Waals surface area (Å²) < 4.78 is 13.0. The highest BCUT2D eigenvalue weighted by Crippen LogP contribution is 2.17. The Morgan fingerprint density at radius 3 is 2.55 bits per heavy atom. The van der Waals surface area contributed by atoms with Gasteiger partial charge in [0.2, 0.25) is 5.91 Å². The van der Waals surface area contributed by atoms with Gasteiger partial charge in [-0.1, -0.05) is 44.2 Å². The van der Waals surface area contributed by atoms with Gasteiger partial charge in [0.15, 0.2) is 0 Å². The molecule has 2 rings (SSSR count). The second-order valence-electron chi connectivity index (χ2n) is 5.44. The summed E-state index contributed by atoms with van der Waals surface area (Å²) in [4.78, 5) is 11.9. The van der Waals surface area contributed by atoms with Crippen LogP contribution in [0.5, 0.6) is 0 Å². The summed E-state index contributed by atoms with van der Waals surface area (Å²) in [5.41, 5.74) is 0.706. The Bertz CT molecular complexity index is 462. The van der Waals surface area contributed by atoms with Crippen LogP contribution in [0, 0.1) is 5.82 Å². The predicted molar refractivity (Wildman–Crippen MR) is 79.7 cm³/mol. The predicted octanol–water partition coefficient (Wildman–Crippen LogP) is 4.07. The fourth-order valence-electron chi connectivity index (χ4n) is 2.63. The van der Waals surface area contributed by atoms with E-state index >= 15 is 0 Å². The largest absolute Gasteiger partial charge is 0.350 e. The van der Waals surface area contributed by atoms with Gasteiger partial charge in [0.25, 0.3) is 0 Å². The molecule has 0 spiro atoms. The molecule has 1 N–H and O–H groups in total. The second-order valence-corrected chi connectivity index (χ2v) is 5.44. The number of nitrogens with one attached hydrogen (secondary N) is 1. The Balaban J connectivity index is 1.84. The molecule has 0 atom stereocenters. The van der Waals surface area contributed by atoms with Gasteiger partial charge in [0.05, 0.1) is 0 Å². The average molecular weight is 275 g/mol. The first-order valence-corrected chi connectivity index (χ1v) is 7.48. The zero-order valence-electron chi connectivity index (χ0n) is 11.8. The maximum Gasteiger partial charge on any atom is 0.244 e. The number of amides is 1. The van der Waals surface area contributed by atoms with Crippen molar-refractivity contribution in [3.63, 3.8) is 0 Å². The van der Waals surface area contributed by atoms with Crippen molar-refractivity contribution in [1.29, 1.82) is 0 Å². The standard InChI is InChI=1S/C17H22FNO/c18-15-8-6-7-14(13-15)11-12-17(20)19-16-9-4-2-1-3-5-10-16/h6-8,11-13,16H,1-5,9-10H2,(H,19,20)/b12-11+. The van der Waals surface area contributed by atoms with E-state index in [0.717, 1.165) is 12.8 Å². The van der Waals surface area contributed by atoms with Crippen LogP contribution in [0.1, 0.15) is 50.5 Å². The minimum atomic E-state index is -0.285. The van der Waals surface area contributed by atoms with Gasteiger partial charge in [-0.15, -0.1) is 0 Å². The first kappa shape index (κ1) is 14.8. The summed E-state index contributed by atoms with van der Waals surface area (Å²) in [6, 6.07) is 6.52. The van der Waals surface area contributed by atoms with Gasteiger partial charge in [0.1, 0.15) is 5.82 Å². The van der Waals surface area contributed by atoms with Crippen molar-refractivity contribution in [2.24, 2.45) is 0 Å². The molecule has 1 aromatic carbocycles. The fraction of sp³-hybridized carbons (Fsp3) is 0.471. The molecule has 1 aliphatic carbocycles. The maximum atomic E-state index is 13.0. The molecule has 0 bridgehead atoms. The molecule has 1 amide bonds. The summed E-state index contributed by atoms with van der Waals surface area (Å²) in [5.74, 6) is -0.368. The van der Waals surface area contributed by atoms with Crippen LogP contribution in [0.25, 0.3) is 6.08 Å². The summed E-state index contributed by atoms with van der Waals surface area (Å²) in [7, 11) is 0. The number of carbonyl (C=O) groups excluding carboxylic acids is 1. The Kier molecular flexibility index (Phi) is 5.78. The number of halogens is 1.